The molecule has 1 N–H and O–H groups in total. The molecule has 0 aromatic heterocycles. The maximum Gasteiger partial charge on any atom is 0.312 e. The molecule has 0 aliphatic heterocycles. The molecule has 0 heterocycles. The number of hydrogen-bond acceptors (Lipinski definition) is 3. The molecular weight excluding hydrogens is 160 g/mol. The highest BCUT2D eigenvalue weighted by Gasteiger charge is 2.61. The fourth-order valence-electron chi connectivity index (χ4n) is 1.35. The molecule has 1 aliphatic carbocycles. The van der Waals surface area contributed by atoms with E-state index in [4.69, 9.17) is 14.6 Å². The summed E-state index contributed by atoms with van der Waals surface area (Å²) in [4.78, 5) is 10.6. The maximum absolute atomic E-state index is 10.6. The summed E-state index contributed by atoms with van der Waals surface area (Å²) in [6.07, 6.45) is 0.476. The van der Waals surface area contributed by atoms with Crippen LogP contribution >= 0.6 is 0 Å². The normalized spacial score (nSPS) is 25.3. The van der Waals surface area contributed by atoms with Gasteiger partial charge in [0.15, 0.2) is 5.79 Å². The molecule has 1 aliphatic rings. The molecule has 0 amide bonds. The van der Waals surface area contributed by atoms with Crippen LogP contribution in [0.3, 0.4) is 0 Å². The number of hydrogen-bond donors (Lipinski definition) is 1. The summed E-state index contributed by atoms with van der Waals surface area (Å²) in [7, 11) is 0. The first-order chi connectivity index (χ1) is 5.66. The molecule has 0 bridgehead atoms. The predicted molar refractivity (Wildman–Crippen MR) is 41.7 cm³/mol. The Bertz CT molecular complexity index is 172. The van der Waals surface area contributed by atoms with Crippen LogP contribution in [0.1, 0.15) is 20.3 Å². The summed E-state index contributed by atoms with van der Waals surface area (Å²) in [5.74, 6) is -2.12. The Morgan fingerprint density at radius 1 is 1.50 bits per heavy atom. The van der Waals surface area contributed by atoms with Crippen LogP contribution in [0.15, 0.2) is 0 Å². The molecule has 4 heteroatoms. The second kappa shape index (κ2) is 3.41. The number of carbonyl (C=O) groups is 1. The van der Waals surface area contributed by atoms with Gasteiger partial charge in [-0.2, -0.15) is 0 Å². The number of ether oxygens (including phenoxy) is 2. The van der Waals surface area contributed by atoms with E-state index in [0.29, 0.717) is 19.6 Å². The van der Waals surface area contributed by atoms with Gasteiger partial charge in [-0.3, -0.25) is 4.79 Å². The monoisotopic (exact) mass is 174 g/mol. The van der Waals surface area contributed by atoms with E-state index >= 15 is 0 Å². The summed E-state index contributed by atoms with van der Waals surface area (Å²) in [6.45, 7) is 4.64. The third-order valence-corrected chi connectivity index (χ3v) is 1.93. The molecule has 0 spiro atoms. The van der Waals surface area contributed by atoms with Crippen molar-refractivity contribution in [1.82, 2.24) is 0 Å². The summed E-state index contributed by atoms with van der Waals surface area (Å²) in [5, 5.41) is 8.68. The van der Waals surface area contributed by atoms with Crippen LogP contribution in [0.2, 0.25) is 0 Å². The highest BCUT2D eigenvalue weighted by Crippen LogP contribution is 2.47. The van der Waals surface area contributed by atoms with Crippen LogP contribution in [-0.4, -0.2) is 30.1 Å². The Morgan fingerprint density at radius 3 is 2.25 bits per heavy atom. The lowest BCUT2D eigenvalue weighted by atomic mass is 10.4. The van der Waals surface area contributed by atoms with E-state index in [9.17, 15) is 4.79 Å². The second-order valence-electron chi connectivity index (χ2n) is 2.77. The zero-order valence-electron chi connectivity index (χ0n) is 7.37. The first-order valence-corrected chi connectivity index (χ1v) is 4.17. The number of carboxylic acids is 1. The van der Waals surface area contributed by atoms with Crippen molar-refractivity contribution in [2.24, 2.45) is 5.92 Å². The maximum atomic E-state index is 10.6. The van der Waals surface area contributed by atoms with Gasteiger partial charge >= 0.3 is 5.97 Å². The molecule has 12 heavy (non-hydrogen) atoms. The van der Waals surface area contributed by atoms with Crippen LogP contribution in [0.5, 0.6) is 0 Å². The van der Waals surface area contributed by atoms with E-state index in [-0.39, 0.29) is 0 Å². The first-order valence-electron chi connectivity index (χ1n) is 4.17. The van der Waals surface area contributed by atoms with Gasteiger partial charge in [-0.25, -0.2) is 0 Å². The molecule has 0 saturated heterocycles. The van der Waals surface area contributed by atoms with Crippen LogP contribution in [-0.2, 0) is 14.3 Å². The highest BCUT2D eigenvalue weighted by atomic mass is 16.7. The molecule has 1 rings (SSSR count). The Labute approximate surface area is 71.5 Å². The minimum absolute atomic E-state index is 0.475. The lowest BCUT2D eigenvalue weighted by Crippen LogP contribution is -2.24. The zero-order chi connectivity index (χ0) is 9.19. The van der Waals surface area contributed by atoms with Crippen LogP contribution in [0, 0.1) is 5.92 Å². The molecule has 0 aromatic rings. The fourth-order valence-corrected chi connectivity index (χ4v) is 1.35. The van der Waals surface area contributed by atoms with Crippen molar-refractivity contribution < 1.29 is 19.4 Å². The molecule has 0 radical (unpaired) electrons. The van der Waals surface area contributed by atoms with Crippen molar-refractivity contribution in [2.75, 3.05) is 13.2 Å². The van der Waals surface area contributed by atoms with E-state index in [1.807, 2.05) is 13.8 Å². The predicted octanol–water partition coefficient (Wildman–Crippen LogP) is 0.860. The van der Waals surface area contributed by atoms with E-state index in [2.05, 4.69) is 0 Å². The topological polar surface area (TPSA) is 55.8 Å². The Balaban J connectivity index is 2.49. The van der Waals surface area contributed by atoms with E-state index < -0.39 is 17.7 Å². The average Bonchev–Trinajstić information content (AvgIpc) is 2.65. The van der Waals surface area contributed by atoms with Crippen molar-refractivity contribution in [2.45, 2.75) is 26.1 Å². The largest absolute Gasteiger partial charge is 0.481 e. The van der Waals surface area contributed by atoms with Crippen molar-refractivity contribution in [3.8, 4) is 0 Å². The van der Waals surface area contributed by atoms with Gasteiger partial charge in [-0.15, -0.1) is 0 Å². The summed E-state index contributed by atoms with van der Waals surface area (Å²) >= 11 is 0. The molecule has 1 saturated carbocycles. The Hall–Kier alpha value is -0.610. The zero-order valence-corrected chi connectivity index (χ0v) is 7.37. The van der Waals surface area contributed by atoms with Gasteiger partial charge in [0.2, 0.25) is 0 Å². The third-order valence-electron chi connectivity index (χ3n) is 1.93. The van der Waals surface area contributed by atoms with Crippen molar-refractivity contribution in [3.63, 3.8) is 0 Å². The molecule has 1 fully saturated rings. The van der Waals surface area contributed by atoms with Gasteiger partial charge in [0.05, 0.1) is 0 Å². The van der Waals surface area contributed by atoms with Gasteiger partial charge in [0.1, 0.15) is 5.92 Å². The summed E-state index contributed by atoms with van der Waals surface area (Å²) < 4.78 is 10.5. The van der Waals surface area contributed by atoms with E-state index in [0.717, 1.165) is 0 Å². The van der Waals surface area contributed by atoms with Gasteiger partial charge in [-0.1, -0.05) is 0 Å². The summed E-state index contributed by atoms with van der Waals surface area (Å²) in [6, 6.07) is 0. The highest BCUT2D eigenvalue weighted by molar-refractivity contribution is 5.75. The second-order valence-corrected chi connectivity index (χ2v) is 2.77. The average molecular weight is 174 g/mol. The van der Waals surface area contributed by atoms with Crippen LogP contribution in [0.25, 0.3) is 0 Å². The SMILES string of the molecule is CCOC1(OCC)C[C@@H]1C(=O)O. The minimum atomic E-state index is -0.836. The van der Waals surface area contributed by atoms with Gasteiger partial charge < -0.3 is 14.6 Å². The van der Waals surface area contributed by atoms with Crippen molar-refractivity contribution >= 4 is 5.97 Å². The molecular formula is C8H14O4. The fraction of sp³-hybridized carbons (Fsp3) is 0.875. The lowest BCUT2D eigenvalue weighted by Gasteiger charge is -2.15. The van der Waals surface area contributed by atoms with Crippen molar-refractivity contribution in [1.29, 1.82) is 0 Å². The molecule has 4 nitrogen and oxygen atoms in total. The van der Waals surface area contributed by atoms with Crippen LogP contribution in [0.4, 0.5) is 0 Å². The van der Waals surface area contributed by atoms with Gasteiger partial charge in [-0.05, 0) is 13.8 Å². The van der Waals surface area contributed by atoms with Crippen molar-refractivity contribution in [3.05, 3.63) is 0 Å². The number of rotatable bonds is 5. The van der Waals surface area contributed by atoms with Gasteiger partial charge in [0.25, 0.3) is 0 Å². The van der Waals surface area contributed by atoms with Gasteiger partial charge in [0, 0.05) is 19.6 Å². The first kappa shape index (κ1) is 9.48. The lowest BCUT2D eigenvalue weighted by molar-refractivity contribution is -0.179. The minimum Gasteiger partial charge on any atom is -0.481 e. The standard InChI is InChI=1S/C8H14O4/c1-3-11-8(12-4-2)5-6(8)7(9)10/h6H,3-5H2,1-2H3,(H,9,10)/t6-/m1/s1. The molecule has 1 atom stereocenters. The molecule has 0 unspecified atom stereocenters. The molecule has 70 valence electrons. The third kappa shape index (κ3) is 1.59. The number of carboxylic acid groups (broad SMARTS) is 1. The van der Waals surface area contributed by atoms with E-state index in [1.54, 1.807) is 0 Å². The van der Waals surface area contributed by atoms with E-state index in [1.165, 1.54) is 0 Å². The smallest absolute Gasteiger partial charge is 0.312 e. The molecule has 0 aromatic carbocycles. The van der Waals surface area contributed by atoms with Crippen LogP contribution < -0.4 is 0 Å². The summed E-state index contributed by atoms with van der Waals surface area (Å²) in [5.41, 5.74) is 0. The Morgan fingerprint density at radius 2 is 2.00 bits per heavy atom. The Kier molecular flexibility index (Phi) is 2.69. The quantitative estimate of drug-likeness (QED) is 0.628. The number of aliphatic carboxylic acids is 1.